The molecular weight excluding hydrogens is 334 g/mol. The first-order chi connectivity index (χ1) is 11.4. The van der Waals surface area contributed by atoms with Crippen LogP contribution in [-0.4, -0.2) is 42.9 Å². The van der Waals surface area contributed by atoms with Crippen LogP contribution in [0.15, 0.2) is 53.4 Å². The van der Waals surface area contributed by atoms with Crippen LogP contribution in [-0.2, 0) is 14.8 Å². The summed E-state index contributed by atoms with van der Waals surface area (Å²) < 4.78 is 30.3. The van der Waals surface area contributed by atoms with Crippen molar-refractivity contribution in [3.63, 3.8) is 0 Å². The lowest BCUT2D eigenvalue weighted by atomic mass is 10.2. The minimum atomic E-state index is -3.91. The van der Waals surface area contributed by atoms with E-state index in [2.05, 4.69) is 0 Å². The van der Waals surface area contributed by atoms with Gasteiger partial charge in [0.25, 0.3) is 15.9 Å². The summed E-state index contributed by atoms with van der Waals surface area (Å²) in [5, 5.41) is 9.32. The maximum Gasteiger partial charge on any atom is 0.338 e. The highest BCUT2D eigenvalue weighted by molar-refractivity contribution is 7.90. The van der Waals surface area contributed by atoms with Gasteiger partial charge in [-0.3, -0.25) is 4.79 Å². The fraction of sp³-hybridized carbons (Fsp3) is 0.125. The molecule has 0 saturated heterocycles. The molecule has 1 heterocycles. The van der Waals surface area contributed by atoms with E-state index in [-0.39, 0.29) is 34.9 Å². The Hall–Kier alpha value is -2.87. The minimum absolute atomic E-state index is 0.0469. The largest absolute Gasteiger partial charge is 0.508 e. The van der Waals surface area contributed by atoms with Crippen LogP contribution >= 0.6 is 0 Å². The van der Waals surface area contributed by atoms with Crippen LogP contribution in [0.1, 0.15) is 20.7 Å². The van der Waals surface area contributed by atoms with Gasteiger partial charge in [0.05, 0.1) is 17.7 Å². The second kappa shape index (κ2) is 5.97. The molecule has 0 spiro atoms. The standard InChI is InChI=1S/C16H13NO6S/c18-12-5-3-4-11(10-12)16(20)23-9-8-17-15(19)13-6-1-2-7-14(13)24(17,21)22/h1-7,10,18H,8-9H2. The number of carbonyl (C=O) groups excluding carboxylic acids is 2. The van der Waals surface area contributed by atoms with E-state index in [0.29, 0.717) is 4.31 Å². The highest BCUT2D eigenvalue weighted by Gasteiger charge is 2.40. The summed E-state index contributed by atoms with van der Waals surface area (Å²) >= 11 is 0. The number of hydrogen-bond acceptors (Lipinski definition) is 6. The number of ether oxygens (including phenoxy) is 1. The number of fused-ring (bicyclic) bond motifs is 1. The van der Waals surface area contributed by atoms with Crippen LogP contribution in [0.3, 0.4) is 0 Å². The lowest BCUT2D eigenvalue weighted by Crippen LogP contribution is -2.33. The van der Waals surface area contributed by atoms with Crippen LogP contribution < -0.4 is 0 Å². The number of phenolic OH excluding ortho intramolecular Hbond substituents is 1. The Bertz CT molecular complexity index is 922. The summed E-state index contributed by atoms with van der Waals surface area (Å²) in [4.78, 5) is 24.0. The van der Waals surface area contributed by atoms with Gasteiger partial charge in [-0.1, -0.05) is 18.2 Å². The molecule has 0 aromatic heterocycles. The molecule has 1 amide bonds. The normalized spacial score (nSPS) is 15.2. The fourth-order valence-corrected chi connectivity index (χ4v) is 3.94. The number of carbonyl (C=O) groups is 2. The molecule has 0 bridgehead atoms. The molecule has 2 aromatic rings. The number of aromatic hydroxyl groups is 1. The third-order valence-corrected chi connectivity index (χ3v) is 5.36. The summed E-state index contributed by atoms with van der Waals surface area (Å²) in [7, 11) is -3.91. The molecule has 0 radical (unpaired) electrons. The third kappa shape index (κ3) is 2.71. The number of amides is 1. The van der Waals surface area contributed by atoms with Crippen LogP contribution in [0.2, 0.25) is 0 Å². The Kier molecular flexibility index (Phi) is 3.98. The summed E-state index contributed by atoms with van der Waals surface area (Å²) in [6.45, 7) is -0.562. The zero-order valence-electron chi connectivity index (χ0n) is 12.4. The summed E-state index contributed by atoms with van der Waals surface area (Å²) in [6, 6.07) is 11.5. The summed E-state index contributed by atoms with van der Waals surface area (Å²) in [6.07, 6.45) is 0. The first kappa shape index (κ1) is 16.0. The SMILES string of the molecule is O=C(OCCN1C(=O)c2ccccc2S1(=O)=O)c1cccc(O)c1. The maximum absolute atomic E-state index is 12.3. The molecule has 124 valence electrons. The average Bonchev–Trinajstić information content (AvgIpc) is 2.76. The van der Waals surface area contributed by atoms with Crippen molar-refractivity contribution < 1.29 is 27.9 Å². The lowest BCUT2D eigenvalue weighted by molar-refractivity contribution is 0.0477. The number of phenols is 1. The summed E-state index contributed by atoms with van der Waals surface area (Å²) in [5.74, 6) is -1.44. The molecular formula is C16H13NO6S. The van der Waals surface area contributed by atoms with Gasteiger partial charge in [-0.15, -0.1) is 0 Å². The van der Waals surface area contributed by atoms with Gasteiger partial charge in [-0.05, 0) is 30.3 Å². The van der Waals surface area contributed by atoms with E-state index >= 15 is 0 Å². The molecule has 3 rings (SSSR count). The molecule has 2 aromatic carbocycles. The lowest BCUT2D eigenvalue weighted by Gasteiger charge is -2.15. The molecule has 0 atom stereocenters. The Morgan fingerprint density at radius 3 is 2.58 bits per heavy atom. The number of sulfonamides is 1. The van der Waals surface area contributed by atoms with Crippen LogP contribution in [0.25, 0.3) is 0 Å². The first-order valence-electron chi connectivity index (χ1n) is 7.03. The smallest absolute Gasteiger partial charge is 0.338 e. The highest BCUT2D eigenvalue weighted by atomic mass is 32.2. The molecule has 0 saturated carbocycles. The zero-order valence-corrected chi connectivity index (χ0v) is 13.2. The number of hydrogen-bond donors (Lipinski definition) is 1. The van der Waals surface area contributed by atoms with Crippen molar-refractivity contribution in [1.29, 1.82) is 0 Å². The Labute approximate surface area is 138 Å². The van der Waals surface area contributed by atoms with Gasteiger partial charge in [-0.2, -0.15) is 0 Å². The van der Waals surface area contributed by atoms with Crippen molar-refractivity contribution in [1.82, 2.24) is 4.31 Å². The van der Waals surface area contributed by atoms with Crippen molar-refractivity contribution >= 4 is 21.9 Å². The van der Waals surface area contributed by atoms with Gasteiger partial charge >= 0.3 is 5.97 Å². The highest BCUT2D eigenvalue weighted by Crippen LogP contribution is 2.29. The Morgan fingerprint density at radius 2 is 1.88 bits per heavy atom. The quantitative estimate of drug-likeness (QED) is 0.839. The zero-order chi connectivity index (χ0) is 17.3. The van der Waals surface area contributed by atoms with E-state index < -0.39 is 21.9 Å². The molecule has 1 aliphatic rings. The van der Waals surface area contributed by atoms with E-state index in [1.54, 1.807) is 6.07 Å². The van der Waals surface area contributed by atoms with Crippen molar-refractivity contribution in [2.75, 3.05) is 13.2 Å². The van der Waals surface area contributed by atoms with Gasteiger partial charge in [0.1, 0.15) is 17.3 Å². The second-order valence-corrected chi connectivity index (χ2v) is 6.90. The van der Waals surface area contributed by atoms with Crippen LogP contribution in [0.5, 0.6) is 5.75 Å². The number of nitrogens with zero attached hydrogens (tertiary/aromatic N) is 1. The molecule has 8 heteroatoms. The minimum Gasteiger partial charge on any atom is -0.508 e. The predicted molar refractivity (Wildman–Crippen MR) is 83.1 cm³/mol. The number of rotatable bonds is 4. The molecule has 7 nitrogen and oxygen atoms in total. The first-order valence-corrected chi connectivity index (χ1v) is 8.47. The van der Waals surface area contributed by atoms with Crippen molar-refractivity contribution in [3.8, 4) is 5.75 Å². The van der Waals surface area contributed by atoms with Gasteiger partial charge in [0.15, 0.2) is 0 Å². The molecule has 24 heavy (non-hydrogen) atoms. The number of benzene rings is 2. The van der Waals surface area contributed by atoms with E-state index in [9.17, 15) is 23.1 Å². The van der Waals surface area contributed by atoms with Gasteiger partial charge in [0.2, 0.25) is 0 Å². The van der Waals surface area contributed by atoms with Gasteiger partial charge in [0, 0.05) is 0 Å². The molecule has 0 unspecified atom stereocenters. The van der Waals surface area contributed by atoms with E-state index in [4.69, 9.17) is 4.74 Å². The van der Waals surface area contributed by atoms with Crippen LogP contribution in [0.4, 0.5) is 0 Å². The van der Waals surface area contributed by atoms with E-state index in [0.717, 1.165) is 0 Å². The molecule has 0 fully saturated rings. The van der Waals surface area contributed by atoms with Crippen LogP contribution in [0, 0.1) is 0 Å². The molecule has 1 N–H and O–H groups in total. The maximum atomic E-state index is 12.3. The predicted octanol–water partition coefficient (Wildman–Crippen LogP) is 1.39. The van der Waals surface area contributed by atoms with Gasteiger partial charge < -0.3 is 9.84 Å². The topological polar surface area (TPSA) is 101 Å². The molecule has 1 aliphatic heterocycles. The van der Waals surface area contributed by atoms with E-state index in [1.165, 1.54) is 42.5 Å². The van der Waals surface area contributed by atoms with Crippen molar-refractivity contribution in [2.24, 2.45) is 0 Å². The Morgan fingerprint density at radius 1 is 1.12 bits per heavy atom. The fourth-order valence-electron chi connectivity index (χ4n) is 2.39. The molecule has 0 aliphatic carbocycles. The average molecular weight is 347 g/mol. The van der Waals surface area contributed by atoms with Gasteiger partial charge in [-0.25, -0.2) is 17.5 Å². The van der Waals surface area contributed by atoms with E-state index in [1.807, 2.05) is 0 Å². The summed E-state index contributed by atoms with van der Waals surface area (Å²) in [5.41, 5.74) is 0.241. The third-order valence-electron chi connectivity index (χ3n) is 3.52. The second-order valence-electron chi connectivity index (χ2n) is 5.06. The van der Waals surface area contributed by atoms with Crippen molar-refractivity contribution in [2.45, 2.75) is 4.90 Å². The monoisotopic (exact) mass is 347 g/mol. The number of esters is 1. The van der Waals surface area contributed by atoms with Crippen molar-refractivity contribution in [3.05, 3.63) is 59.7 Å². The Balaban J connectivity index is 1.68.